The summed E-state index contributed by atoms with van der Waals surface area (Å²) in [6, 6.07) is 5.30. The fraction of sp³-hybridized carbons (Fsp3) is 0.538. The largest absolute Gasteiger partial charge is 0.313 e. The van der Waals surface area contributed by atoms with Gasteiger partial charge in [0.1, 0.15) is 5.82 Å². The van der Waals surface area contributed by atoms with Gasteiger partial charge in [0.05, 0.1) is 0 Å². The van der Waals surface area contributed by atoms with Crippen molar-refractivity contribution < 1.29 is 4.39 Å². The highest BCUT2D eigenvalue weighted by molar-refractivity contribution is 7.99. The lowest BCUT2D eigenvalue weighted by molar-refractivity contribution is 0.617. The molecule has 0 atom stereocenters. The summed E-state index contributed by atoms with van der Waals surface area (Å²) in [7, 11) is 0. The number of unbranched alkanes of at least 4 members (excludes halogenated alkanes) is 1. The summed E-state index contributed by atoms with van der Waals surface area (Å²) >= 11 is 1.74. The summed E-state index contributed by atoms with van der Waals surface area (Å²) in [5, 5.41) is 3.21. The maximum absolute atomic E-state index is 13.3. The molecule has 0 spiro atoms. The van der Waals surface area contributed by atoms with Gasteiger partial charge in [-0.25, -0.2) is 4.39 Å². The van der Waals surface area contributed by atoms with E-state index in [4.69, 9.17) is 0 Å². The van der Waals surface area contributed by atoms with Crippen LogP contribution in [0, 0.1) is 5.82 Å². The van der Waals surface area contributed by atoms with Crippen LogP contribution in [0.25, 0.3) is 0 Å². The van der Waals surface area contributed by atoms with Gasteiger partial charge in [0.2, 0.25) is 0 Å². The minimum Gasteiger partial charge on any atom is -0.313 e. The number of thioether (sulfide) groups is 1. The number of benzene rings is 1. The normalized spacial score (nSPS) is 10.7. The van der Waals surface area contributed by atoms with Crippen LogP contribution in [0.2, 0.25) is 0 Å². The molecule has 1 aromatic rings. The monoisotopic (exact) mass is 241 g/mol. The molecule has 1 aromatic carbocycles. The highest BCUT2D eigenvalue weighted by Gasteiger charge is 2.01. The molecule has 0 aliphatic rings. The zero-order chi connectivity index (χ0) is 11.8. The quantitative estimate of drug-likeness (QED) is 0.575. The first-order chi connectivity index (χ1) is 7.76. The van der Waals surface area contributed by atoms with E-state index in [1.54, 1.807) is 23.9 Å². The standard InChI is InChI=1S/C13H20FNS/c1-3-5-6-16-13-8-11(10-15-4-2)7-12(14)9-13/h7-9,15H,3-6,10H2,1-2H3. The maximum Gasteiger partial charge on any atom is 0.124 e. The molecule has 90 valence electrons. The van der Waals surface area contributed by atoms with Crippen molar-refractivity contribution in [2.45, 2.75) is 38.1 Å². The molecule has 0 unspecified atom stereocenters. The Hall–Kier alpha value is -0.540. The van der Waals surface area contributed by atoms with Gasteiger partial charge in [-0.3, -0.25) is 0 Å². The highest BCUT2D eigenvalue weighted by atomic mass is 32.2. The average molecular weight is 241 g/mol. The van der Waals surface area contributed by atoms with Gasteiger partial charge in [0.15, 0.2) is 0 Å². The van der Waals surface area contributed by atoms with E-state index in [9.17, 15) is 4.39 Å². The van der Waals surface area contributed by atoms with E-state index in [2.05, 4.69) is 25.2 Å². The van der Waals surface area contributed by atoms with Crippen LogP contribution in [0.3, 0.4) is 0 Å². The minimum absolute atomic E-state index is 0.130. The Morgan fingerprint density at radius 2 is 2.06 bits per heavy atom. The Balaban J connectivity index is 2.58. The van der Waals surface area contributed by atoms with Crippen LogP contribution in [0.15, 0.2) is 23.1 Å². The van der Waals surface area contributed by atoms with E-state index in [0.717, 1.165) is 29.3 Å². The van der Waals surface area contributed by atoms with Crippen LogP contribution in [0.5, 0.6) is 0 Å². The maximum atomic E-state index is 13.3. The lowest BCUT2D eigenvalue weighted by atomic mass is 10.2. The number of rotatable bonds is 7. The van der Waals surface area contributed by atoms with Crippen molar-refractivity contribution in [3.05, 3.63) is 29.6 Å². The first kappa shape index (κ1) is 13.5. The third kappa shape index (κ3) is 4.99. The molecule has 0 saturated carbocycles. The van der Waals surface area contributed by atoms with Crippen LogP contribution < -0.4 is 5.32 Å². The molecule has 1 rings (SSSR count). The lowest BCUT2D eigenvalue weighted by Gasteiger charge is -2.06. The van der Waals surface area contributed by atoms with Gasteiger partial charge >= 0.3 is 0 Å². The van der Waals surface area contributed by atoms with Crippen LogP contribution in [0.4, 0.5) is 4.39 Å². The Kier molecular flexibility index (Phi) is 6.50. The topological polar surface area (TPSA) is 12.0 Å². The number of halogens is 1. The second kappa shape index (κ2) is 7.69. The van der Waals surface area contributed by atoms with Gasteiger partial charge in [0, 0.05) is 11.4 Å². The van der Waals surface area contributed by atoms with Crippen LogP contribution in [0.1, 0.15) is 32.3 Å². The molecule has 0 radical (unpaired) electrons. The Labute approximate surface area is 102 Å². The van der Waals surface area contributed by atoms with E-state index in [0.29, 0.717) is 0 Å². The summed E-state index contributed by atoms with van der Waals surface area (Å²) < 4.78 is 13.3. The van der Waals surface area contributed by atoms with Gasteiger partial charge < -0.3 is 5.32 Å². The Morgan fingerprint density at radius 3 is 2.75 bits per heavy atom. The van der Waals surface area contributed by atoms with E-state index in [-0.39, 0.29) is 5.82 Å². The molecule has 0 aliphatic carbocycles. The van der Waals surface area contributed by atoms with E-state index in [1.165, 1.54) is 12.8 Å². The molecule has 0 saturated heterocycles. The van der Waals surface area contributed by atoms with Crippen LogP contribution in [-0.2, 0) is 6.54 Å². The smallest absolute Gasteiger partial charge is 0.124 e. The van der Waals surface area contributed by atoms with Crippen molar-refractivity contribution in [1.29, 1.82) is 0 Å². The third-order valence-electron chi connectivity index (χ3n) is 2.28. The van der Waals surface area contributed by atoms with Gasteiger partial charge in [0.25, 0.3) is 0 Å². The fourth-order valence-corrected chi connectivity index (χ4v) is 2.51. The minimum atomic E-state index is -0.130. The fourth-order valence-electron chi connectivity index (χ4n) is 1.41. The van der Waals surface area contributed by atoms with Crippen molar-refractivity contribution in [2.75, 3.05) is 12.3 Å². The van der Waals surface area contributed by atoms with Gasteiger partial charge in [-0.2, -0.15) is 0 Å². The summed E-state index contributed by atoms with van der Waals surface area (Å²) in [5.41, 5.74) is 1.03. The number of nitrogens with one attached hydrogen (secondary N) is 1. The van der Waals surface area contributed by atoms with Crippen molar-refractivity contribution in [3.63, 3.8) is 0 Å². The van der Waals surface area contributed by atoms with E-state index >= 15 is 0 Å². The number of hydrogen-bond acceptors (Lipinski definition) is 2. The molecule has 3 heteroatoms. The molecular weight excluding hydrogens is 221 g/mol. The number of hydrogen-bond donors (Lipinski definition) is 1. The predicted molar refractivity (Wildman–Crippen MR) is 69.4 cm³/mol. The Bertz CT molecular complexity index is 315. The lowest BCUT2D eigenvalue weighted by Crippen LogP contribution is -2.11. The second-order valence-electron chi connectivity index (χ2n) is 3.78. The van der Waals surface area contributed by atoms with Crippen molar-refractivity contribution in [2.24, 2.45) is 0 Å². The predicted octanol–water partition coefficient (Wildman–Crippen LogP) is 3.83. The molecule has 0 heterocycles. The van der Waals surface area contributed by atoms with E-state index < -0.39 is 0 Å². The molecule has 0 fully saturated rings. The van der Waals surface area contributed by atoms with Crippen LogP contribution in [-0.4, -0.2) is 12.3 Å². The van der Waals surface area contributed by atoms with E-state index in [1.807, 2.05) is 0 Å². The zero-order valence-electron chi connectivity index (χ0n) is 10.1. The molecule has 1 N–H and O–H groups in total. The SMILES string of the molecule is CCCCSc1cc(F)cc(CNCC)c1. The van der Waals surface area contributed by atoms with Crippen molar-refractivity contribution in [3.8, 4) is 0 Å². The molecule has 1 nitrogen and oxygen atoms in total. The van der Waals surface area contributed by atoms with Gasteiger partial charge in [-0.05, 0) is 42.5 Å². The summed E-state index contributed by atoms with van der Waals surface area (Å²) in [5.74, 6) is 0.940. The first-order valence-corrected chi connectivity index (χ1v) is 6.87. The van der Waals surface area contributed by atoms with Gasteiger partial charge in [-0.15, -0.1) is 11.8 Å². The molecule has 0 amide bonds. The van der Waals surface area contributed by atoms with Crippen LogP contribution >= 0.6 is 11.8 Å². The molecule has 16 heavy (non-hydrogen) atoms. The Morgan fingerprint density at radius 1 is 1.25 bits per heavy atom. The second-order valence-corrected chi connectivity index (χ2v) is 4.95. The average Bonchev–Trinajstić information content (AvgIpc) is 2.26. The highest BCUT2D eigenvalue weighted by Crippen LogP contribution is 2.22. The summed E-state index contributed by atoms with van der Waals surface area (Å²) in [4.78, 5) is 1.04. The van der Waals surface area contributed by atoms with Crippen molar-refractivity contribution >= 4 is 11.8 Å². The summed E-state index contributed by atoms with van der Waals surface area (Å²) in [6.45, 7) is 5.88. The molecular formula is C13H20FNS. The third-order valence-corrected chi connectivity index (χ3v) is 3.34. The van der Waals surface area contributed by atoms with Gasteiger partial charge in [-0.1, -0.05) is 20.3 Å². The zero-order valence-corrected chi connectivity index (χ0v) is 10.9. The van der Waals surface area contributed by atoms with Crippen molar-refractivity contribution in [1.82, 2.24) is 5.32 Å². The molecule has 0 aromatic heterocycles. The summed E-state index contributed by atoms with van der Waals surface area (Å²) in [6.07, 6.45) is 2.37. The first-order valence-electron chi connectivity index (χ1n) is 5.89. The molecule has 0 bridgehead atoms. The molecule has 0 aliphatic heterocycles.